The number of rotatable bonds is 3. The number of pyridine rings is 1. The number of carbonyl (C=O) groups excluding carboxylic acids is 1. The van der Waals surface area contributed by atoms with Gasteiger partial charge in [0.2, 0.25) is 0 Å². The van der Waals surface area contributed by atoms with E-state index in [1.54, 1.807) is 18.3 Å². The van der Waals surface area contributed by atoms with Gasteiger partial charge in [-0.2, -0.15) is 0 Å². The molecule has 2 aromatic heterocycles. The highest BCUT2D eigenvalue weighted by Crippen LogP contribution is 2.18. The molecule has 6 nitrogen and oxygen atoms in total. The third-order valence-corrected chi connectivity index (χ3v) is 3.77. The van der Waals surface area contributed by atoms with Crippen molar-refractivity contribution in [2.45, 2.75) is 32.6 Å². The minimum atomic E-state index is 0.00174. The highest BCUT2D eigenvalue weighted by atomic mass is 16.5. The molecule has 0 spiro atoms. The Morgan fingerprint density at radius 1 is 1.23 bits per heavy atom. The van der Waals surface area contributed by atoms with Gasteiger partial charge in [0, 0.05) is 31.0 Å². The van der Waals surface area contributed by atoms with Crippen molar-refractivity contribution in [1.29, 1.82) is 0 Å². The fourth-order valence-electron chi connectivity index (χ4n) is 2.63. The number of hydrogen-bond acceptors (Lipinski definition) is 5. The molecule has 116 valence electrons. The summed E-state index contributed by atoms with van der Waals surface area (Å²) in [6.45, 7) is 3.47. The van der Waals surface area contributed by atoms with E-state index in [1.165, 1.54) is 12.8 Å². The zero-order valence-electron chi connectivity index (χ0n) is 12.7. The van der Waals surface area contributed by atoms with Crippen molar-refractivity contribution in [2.24, 2.45) is 0 Å². The van der Waals surface area contributed by atoms with Crippen molar-refractivity contribution < 1.29 is 9.32 Å². The van der Waals surface area contributed by atoms with Crippen LogP contribution in [-0.2, 0) is 0 Å². The molecule has 1 saturated heterocycles. The van der Waals surface area contributed by atoms with Crippen LogP contribution in [0.4, 0.5) is 11.5 Å². The predicted molar refractivity (Wildman–Crippen MR) is 83.1 cm³/mol. The van der Waals surface area contributed by atoms with E-state index < -0.39 is 0 Å². The van der Waals surface area contributed by atoms with Crippen molar-refractivity contribution in [3.8, 4) is 0 Å². The highest BCUT2D eigenvalue weighted by molar-refractivity contribution is 5.93. The number of hydrogen-bond donors (Lipinski definition) is 1. The molecule has 0 aromatic carbocycles. The summed E-state index contributed by atoms with van der Waals surface area (Å²) in [6.07, 6.45) is 6.18. The van der Waals surface area contributed by atoms with Crippen molar-refractivity contribution in [3.63, 3.8) is 0 Å². The maximum absolute atomic E-state index is 12.6. The second-order valence-electron chi connectivity index (χ2n) is 5.58. The Hall–Kier alpha value is -2.37. The van der Waals surface area contributed by atoms with Crippen LogP contribution in [0.15, 0.2) is 28.9 Å². The van der Waals surface area contributed by atoms with Gasteiger partial charge in [0.25, 0.3) is 5.91 Å². The first-order valence-corrected chi connectivity index (χ1v) is 7.68. The molecular weight excluding hydrogens is 280 g/mol. The first-order valence-electron chi connectivity index (χ1n) is 7.68. The molecule has 6 heteroatoms. The summed E-state index contributed by atoms with van der Waals surface area (Å²) in [4.78, 5) is 18.7. The highest BCUT2D eigenvalue weighted by Gasteiger charge is 2.18. The molecule has 1 amide bonds. The Labute approximate surface area is 129 Å². The van der Waals surface area contributed by atoms with Crippen LogP contribution in [0.2, 0.25) is 0 Å². The summed E-state index contributed by atoms with van der Waals surface area (Å²) in [7, 11) is 0. The van der Waals surface area contributed by atoms with Gasteiger partial charge in [0.15, 0.2) is 5.82 Å². The molecule has 1 aliphatic heterocycles. The summed E-state index contributed by atoms with van der Waals surface area (Å²) >= 11 is 0. The van der Waals surface area contributed by atoms with E-state index in [0.29, 0.717) is 11.5 Å². The predicted octanol–water partition coefficient (Wildman–Crippen LogP) is 3.14. The minimum absolute atomic E-state index is 0.00174. The molecule has 0 radical (unpaired) electrons. The third kappa shape index (κ3) is 3.44. The zero-order chi connectivity index (χ0) is 15.4. The van der Waals surface area contributed by atoms with Gasteiger partial charge in [-0.1, -0.05) is 18.0 Å². The molecule has 1 fully saturated rings. The smallest absolute Gasteiger partial charge is 0.272 e. The molecule has 0 unspecified atom stereocenters. The second kappa shape index (κ2) is 6.60. The fraction of sp³-hybridized carbons (Fsp3) is 0.438. The van der Waals surface area contributed by atoms with Crippen molar-refractivity contribution >= 4 is 17.4 Å². The molecule has 0 atom stereocenters. The van der Waals surface area contributed by atoms with Crippen molar-refractivity contribution in [2.75, 3.05) is 18.4 Å². The van der Waals surface area contributed by atoms with E-state index in [1.807, 2.05) is 17.9 Å². The molecule has 22 heavy (non-hydrogen) atoms. The Bertz CT molecular complexity index is 645. The van der Waals surface area contributed by atoms with E-state index in [0.717, 1.165) is 37.4 Å². The zero-order valence-corrected chi connectivity index (χ0v) is 12.7. The molecule has 1 N–H and O–H groups in total. The lowest BCUT2D eigenvalue weighted by Crippen LogP contribution is -2.32. The lowest BCUT2D eigenvalue weighted by molar-refractivity contribution is 0.0756. The maximum Gasteiger partial charge on any atom is 0.272 e. The van der Waals surface area contributed by atoms with Crippen LogP contribution in [0.1, 0.15) is 41.9 Å². The molecule has 2 aromatic rings. The largest absolute Gasteiger partial charge is 0.360 e. The Balaban J connectivity index is 1.73. The van der Waals surface area contributed by atoms with E-state index in [2.05, 4.69) is 15.5 Å². The van der Waals surface area contributed by atoms with Crippen LogP contribution in [0.3, 0.4) is 0 Å². The van der Waals surface area contributed by atoms with Crippen LogP contribution in [0.25, 0.3) is 0 Å². The molecule has 0 aliphatic carbocycles. The molecule has 1 aliphatic rings. The van der Waals surface area contributed by atoms with E-state index in [4.69, 9.17) is 4.52 Å². The number of amides is 1. The lowest BCUT2D eigenvalue weighted by atomic mass is 10.2. The van der Waals surface area contributed by atoms with Crippen molar-refractivity contribution in [3.05, 3.63) is 35.9 Å². The SMILES string of the molecule is Cc1cc(Nc2ccnc(C(=O)N3CCCCCC3)c2)no1. The number of anilines is 2. The average Bonchev–Trinajstić information content (AvgIpc) is 2.78. The van der Waals surface area contributed by atoms with Gasteiger partial charge in [-0.25, -0.2) is 0 Å². The maximum atomic E-state index is 12.6. The van der Waals surface area contributed by atoms with Crippen molar-refractivity contribution in [1.82, 2.24) is 15.0 Å². The van der Waals surface area contributed by atoms with Gasteiger partial charge in [0.1, 0.15) is 11.5 Å². The fourth-order valence-corrected chi connectivity index (χ4v) is 2.63. The second-order valence-corrected chi connectivity index (χ2v) is 5.58. The average molecular weight is 300 g/mol. The lowest BCUT2D eigenvalue weighted by Gasteiger charge is -2.19. The van der Waals surface area contributed by atoms with Gasteiger partial charge in [-0.05, 0) is 31.9 Å². The summed E-state index contributed by atoms with van der Waals surface area (Å²) in [5.74, 6) is 1.36. The first-order chi connectivity index (χ1) is 10.7. The topological polar surface area (TPSA) is 71.3 Å². The molecule has 0 saturated carbocycles. The number of aryl methyl sites for hydroxylation is 1. The minimum Gasteiger partial charge on any atom is -0.360 e. The standard InChI is InChI=1S/C16H20N4O2/c1-12-10-15(19-22-12)18-13-6-7-17-14(11-13)16(21)20-8-4-2-3-5-9-20/h6-7,10-11H,2-5,8-9H2,1H3,(H,17,18,19). The quantitative estimate of drug-likeness (QED) is 0.943. The molecule has 3 rings (SSSR count). The number of likely N-dealkylation sites (tertiary alicyclic amines) is 1. The van der Waals surface area contributed by atoms with Crippen LogP contribution in [0.5, 0.6) is 0 Å². The van der Waals surface area contributed by atoms with Gasteiger partial charge < -0.3 is 14.7 Å². The number of carbonyl (C=O) groups is 1. The molecular formula is C16H20N4O2. The van der Waals surface area contributed by atoms with Crippen LogP contribution in [0, 0.1) is 6.92 Å². The Morgan fingerprint density at radius 2 is 2.00 bits per heavy atom. The number of aromatic nitrogens is 2. The van der Waals surface area contributed by atoms with Crippen LogP contribution < -0.4 is 5.32 Å². The number of nitrogens with zero attached hydrogens (tertiary/aromatic N) is 3. The van der Waals surface area contributed by atoms with Gasteiger partial charge in [0.05, 0.1) is 0 Å². The number of nitrogens with one attached hydrogen (secondary N) is 1. The summed E-state index contributed by atoms with van der Waals surface area (Å²) in [5, 5.41) is 7.01. The third-order valence-electron chi connectivity index (χ3n) is 3.77. The van der Waals surface area contributed by atoms with Gasteiger partial charge in [-0.15, -0.1) is 0 Å². The van der Waals surface area contributed by atoms with E-state index in [-0.39, 0.29) is 5.91 Å². The Morgan fingerprint density at radius 3 is 2.68 bits per heavy atom. The summed E-state index contributed by atoms with van der Waals surface area (Å²) in [5.41, 5.74) is 1.24. The van der Waals surface area contributed by atoms with Crippen LogP contribution >= 0.6 is 0 Å². The summed E-state index contributed by atoms with van der Waals surface area (Å²) < 4.78 is 5.02. The van der Waals surface area contributed by atoms with E-state index in [9.17, 15) is 4.79 Å². The first kappa shape index (κ1) is 14.6. The summed E-state index contributed by atoms with van der Waals surface area (Å²) in [6, 6.07) is 5.37. The van der Waals surface area contributed by atoms with E-state index >= 15 is 0 Å². The monoisotopic (exact) mass is 300 g/mol. The van der Waals surface area contributed by atoms with Gasteiger partial charge >= 0.3 is 0 Å². The van der Waals surface area contributed by atoms with Gasteiger partial charge in [-0.3, -0.25) is 9.78 Å². The molecule has 0 bridgehead atoms. The van der Waals surface area contributed by atoms with Crippen LogP contribution in [-0.4, -0.2) is 34.0 Å². The molecule has 3 heterocycles. The Kier molecular flexibility index (Phi) is 4.37. The normalized spacial score (nSPS) is 15.4.